The molecule has 1 N–H and O–H groups in total. The number of aromatic nitrogens is 3. The topological polar surface area (TPSA) is 80.1 Å². The molecule has 2 atom stereocenters. The van der Waals surface area contributed by atoms with E-state index in [2.05, 4.69) is 15.4 Å². The molecule has 146 valence electrons. The van der Waals surface area contributed by atoms with Gasteiger partial charge in [0.2, 0.25) is 17.8 Å². The van der Waals surface area contributed by atoms with E-state index in [1.807, 2.05) is 30.3 Å². The summed E-state index contributed by atoms with van der Waals surface area (Å²) in [5.74, 6) is -0.343. The van der Waals surface area contributed by atoms with Crippen molar-refractivity contribution in [1.29, 1.82) is 0 Å². The van der Waals surface area contributed by atoms with Gasteiger partial charge in [-0.3, -0.25) is 9.59 Å². The highest BCUT2D eigenvalue weighted by molar-refractivity contribution is 6.18. The molecule has 1 fully saturated rings. The molecule has 0 spiro atoms. The molecule has 2 aliphatic rings. The highest BCUT2D eigenvalue weighted by Crippen LogP contribution is 2.39. The summed E-state index contributed by atoms with van der Waals surface area (Å²) in [5.41, 5.74) is 1.97. The van der Waals surface area contributed by atoms with Gasteiger partial charge in [0, 0.05) is 12.8 Å². The van der Waals surface area contributed by atoms with Gasteiger partial charge in [-0.15, -0.1) is 5.10 Å². The number of halogens is 1. The minimum Gasteiger partial charge on any atom is -0.347 e. The average Bonchev–Trinajstić information content (AvgIpc) is 3.30. The fourth-order valence-electron chi connectivity index (χ4n) is 3.93. The normalized spacial score (nSPS) is 21.2. The number of carbonyl (C=O) groups is 2. The zero-order chi connectivity index (χ0) is 20.0. The van der Waals surface area contributed by atoms with Crippen molar-refractivity contribution in [1.82, 2.24) is 14.8 Å². The molecule has 29 heavy (non-hydrogen) atoms. The molecular formula is C21H18FN5O2. The van der Waals surface area contributed by atoms with E-state index in [1.165, 1.54) is 12.1 Å². The van der Waals surface area contributed by atoms with E-state index in [1.54, 1.807) is 16.8 Å². The first-order valence-corrected chi connectivity index (χ1v) is 9.49. The Labute approximate surface area is 166 Å². The van der Waals surface area contributed by atoms with E-state index in [9.17, 15) is 14.0 Å². The second-order valence-corrected chi connectivity index (χ2v) is 7.21. The van der Waals surface area contributed by atoms with Crippen LogP contribution in [-0.2, 0) is 9.59 Å². The van der Waals surface area contributed by atoms with E-state index < -0.39 is 0 Å². The van der Waals surface area contributed by atoms with Gasteiger partial charge >= 0.3 is 0 Å². The van der Waals surface area contributed by atoms with Crippen LogP contribution in [0.1, 0.15) is 42.5 Å². The molecule has 0 saturated carbocycles. The largest absolute Gasteiger partial charge is 0.347 e. The Morgan fingerprint density at radius 2 is 1.62 bits per heavy atom. The molecule has 5 rings (SSSR count). The Morgan fingerprint density at radius 1 is 0.931 bits per heavy atom. The second kappa shape index (κ2) is 6.80. The predicted octanol–water partition coefficient (Wildman–Crippen LogP) is 3.22. The number of rotatable bonds is 3. The van der Waals surface area contributed by atoms with Crippen molar-refractivity contribution in [3.05, 3.63) is 71.5 Å². The molecule has 1 aromatic heterocycles. The number of amides is 2. The van der Waals surface area contributed by atoms with Gasteiger partial charge in [0.1, 0.15) is 5.82 Å². The SMILES string of the molecule is O=C1CCC(=O)N1c1nc2n(n1)C(c1ccc(F)cc1)CC(c1ccccc1)N2. The predicted molar refractivity (Wildman–Crippen MR) is 104 cm³/mol. The van der Waals surface area contributed by atoms with Crippen LogP contribution in [0.15, 0.2) is 54.6 Å². The first kappa shape index (κ1) is 17.5. The molecule has 2 amide bonds. The van der Waals surface area contributed by atoms with Gasteiger partial charge in [0.15, 0.2) is 0 Å². The Balaban J connectivity index is 1.58. The molecule has 8 heteroatoms. The van der Waals surface area contributed by atoms with E-state index in [0.717, 1.165) is 16.0 Å². The van der Waals surface area contributed by atoms with Crippen molar-refractivity contribution < 1.29 is 14.0 Å². The van der Waals surface area contributed by atoms with Crippen LogP contribution in [0.5, 0.6) is 0 Å². The lowest BCUT2D eigenvalue weighted by Gasteiger charge is -2.31. The summed E-state index contributed by atoms with van der Waals surface area (Å²) in [4.78, 5) is 29.8. The lowest BCUT2D eigenvalue weighted by atomic mass is 9.93. The Hall–Kier alpha value is -3.55. The van der Waals surface area contributed by atoms with Crippen molar-refractivity contribution >= 4 is 23.7 Å². The second-order valence-electron chi connectivity index (χ2n) is 7.21. The van der Waals surface area contributed by atoms with Crippen LogP contribution in [0.4, 0.5) is 16.3 Å². The van der Waals surface area contributed by atoms with Crippen molar-refractivity contribution in [2.75, 3.05) is 10.2 Å². The molecule has 2 unspecified atom stereocenters. The van der Waals surface area contributed by atoms with Crippen LogP contribution < -0.4 is 10.2 Å². The highest BCUT2D eigenvalue weighted by Gasteiger charge is 2.37. The van der Waals surface area contributed by atoms with Gasteiger partial charge in [-0.25, -0.2) is 14.0 Å². The Morgan fingerprint density at radius 3 is 2.31 bits per heavy atom. The van der Waals surface area contributed by atoms with Crippen molar-refractivity contribution in [2.45, 2.75) is 31.3 Å². The number of hydrogen-bond acceptors (Lipinski definition) is 5. The standard InChI is InChI=1S/C21H18FN5O2/c22-15-8-6-14(7-9-15)17-12-16(13-4-2-1-3-5-13)23-20-24-21(25-27(17)20)26-18(28)10-11-19(26)29/h1-9,16-17H,10-12H2,(H,23,24,25). The number of anilines is 2. The van der Waals surface area contributed by atoms with Crippen LogP contribution in [0.2, 0.25) is 0 Å². The van der Waals surface area contributed by atoms with Gasteiger partial charge in [-0.2, -0.15) is 4.98 Å². The third-order valence-corrected chi connectivity index (χ3v) is 5.39. The Bertz CT molecular complexity index is 1060. The van der Waals surface area contributed by atoms with Crippen LogP contribution in [0.25, 0.3) is 0 Å². The van der Waals surface area contributed by atoms with Crippen LogP contribution in [0, 0.1) is 5.82 Å². The van der Waals surface area contributed by atoms with E-state index in [0.29, 0.717) is 12.4 Å². The summed E-state index contributed by atoms with van der Waals surface area (Å²) >= 11 is 0. The molecule has 3 heterocycles. The molecule has 2 aliphatic heterocycles. The molecule has 7 nitrogen and oxygen atoms in total. The summed E-state index contributed by atoms with van der Waals surface area (Å²) in [5, 5.41) is 7.84. The minimum atomic E-state index is -0.310. The number of imide groups is 1. The van der Waals surface area contributed by atoms with Gasteiger partial charge in [-0.05, 0) is 29.7 Å². The zero-order valence-corrected chi connectivity index (χ0v) is 15.5. The smallest absolute Gasteiger partial charge is 0.260 e. The molecule has 3 aromatic rings. The summed E-state index contributed by atoms with van der Waals surface area (Å²) in [6.07, 6.45) is 1.00. The van der Waals surface area contributed by atoms with Gasteiger partial charge in [0.05, 0.1) is 12.1 Å². The maximum Gasteiger partial charge on any atom is 0.260 e. The van der Waals surface area contributed by atoms with Crippen LogP contribution >= 0.6 is 0 Å². The molecule has 0 radical (unpaired) electrons. The van der Waals surface area contributed by atoms with Crippen molar-refractivity contribution in [2.24, 2.45) is 0 Å². The lowest BCUT2D eigenvalue weighted by Crippen LogP contribution is -2.30. The molecule has 2 aromatic carbocycles. The minimum absolute atomic E-state index is 0.0409. The lowest BCUT2D eigenvalue weighted by molar-refractivity contribution is -0.121. The number of benzene rings is 2. The van der Waals surface area contributed by atoms with Gasteiger partial charge < -0.3 is 5.32 Å². The van der Waals surface area contributed by atoms with Crippen molar-refractivity contribution in [3.63, 3.8) is 0 Å². The number of nitrogens with one attached hydrogen (secondary N) is 1. The fourth-order valence-corrected chi connectivity index (χ4v) is 3.93. The molecule has 1 saturated heterocycles. The quantitative estimate of drug-likeness (QED) is 0.694. The van der Waals surface area contributed by atoms with E-state index >= 15 is 0 Å². The molecule has 0 aliphatic carbocycles. The maximum absolute atomic E-state index is 13.5. The van der Waals surface area contributed by atoms with E-state index in [-0.39, 0.29) is 48.5 Å². The maximum atomic E-state index is 13.5. The van der Waals surface area contributed by atoms with Crippen LogP contribution in [-0.4, -0.2) is 26.6 Å². The molecular weight excluding hydrogens is 373 g/mol. The summed E-state index contributed by atoms with van der Waals surface area (Å²) in [6.45, 7) is 0. The number of nitrogens with zero attached hydrogens (tertiary/aromatic N) is 4. The number of fused-ring (bicyclic) bond motifs is 1. The van der Waals surface area contributed by atoms with E-state index in [4.69, 9.17) is 0 Å². The monoisotopic (exact) mass is 391 g/mol. The average molecular weight is 391 g/mol. The van der Waals surface area contributed by atoms with Gasteiger partial charge in [-0.1, -0.05) is 42.5 Å². The van der Waals surface area contributed by atoms with Gasteiger partial charge in [0.25, 0.3) is 5.95 Å². The van der Waals surface area contributed by atoms with Crippen molar-refractivity contribution in [3.8, 4) is 0 Å². The third kappa shape index (κ3) is 3.06. The summed E-state index contributed by atoms with van der Waals surface area (Å²) in [6, 6.07) is 16.0. The summed E-state index contributed by atoms with van der Waals surface area (Å²) < 4.78 is 15.1. The fraction of sp³-hybridized carbons (Fsp3) is 0.238. The highest BCUT2D eigenvalue weighted by atomic mass is 19.1. The molecule has 0 bridgehead atoms. The van der Waals surface area contributed by atoms with Crippen LogP contribution in [0.3, 0.4) is 0 Å². The first-order chi connectivity index (χ1) is 14.1. The summed E-state index contributed by atoms with van der Waals surface area (Å²) in [7, 11) is 0. The first-order valence-electron chi connectivity index (χ1n) is 9.49. The number of carbonyl (C=O) groups excluding carboxylic acids is 2. The number of hydrogen-bond donors (Lipinski definition) is 1. The Kier molecular flexibility index (Phi) is 4.12. The third-order valence-electron chi connectivity index (χ3n) is 5.39. The zero-order valence-electron chi connectivity index (χ0n) is 15.5.